The number of imidazole rings is 1. The van der Waals surface area contributed by atoms with Gasteiger partial charge in [-0.05, 0) is 18.4 Å². The fraction of sp³-hybridized carbons (Fsp3) is 0.375. The van der Waals surface area contributed by atoms with Gasteiger partial charge in [0, 0.05) is 13.1 Å². The van der Waals surface area contributed by atoms with Crippen molar-refractivity contribution in [2.45, 2.75) is 25.4 Å². The van der Waals surface area contributed by atoms with E-state index in [1.807, 2.05) is 39.8 Å². The zero-order chi connectivity index (χ0) is 14.7. The van der Waals surface area contributed by atoms with Gasteiger partial charge in [-0.15, -0.1) is 0 Å². The molecule has 0 aliphatic carbocycles. The predicted molar refractivity (Wildman–Crippen MR) is 80.5 cm³/mol. The maximum absolute atomic E-state index is 12.3. The molecule has 1 aliphatic rings. The molecule has 0 spiro atoms. The third-order valence-electron chi connectivity index (χ3n) is 3.99. The summed E-state index contributed by atoms with van der Waals surface area (Å²) >= 11 is 0. The van der Waals surface area contributed by atoms with E-state index in [-0.39, 0.29) is 11.9 Å². The average Bonchev–Trinajstić information content (AvgIpc) is 3.19. The Labute approximate surface area is 124 Å². The molecule has 1 aliphatic heterocycles. The summed E-state index contributed by atoms with van der Waals surface area (Å²) in [7, 11) is 0. The first-order valence-electron chi connectivity index (χ1n) is 7.34. The van der Waals surface area contributed by atoms with Gasteiger partial charge in [0.25, 0.3) is 0 Å². The SMILES string of the molecule is NC(c1ccccc1)c1cncn1CC(=O)N1CCCC1. The number of nitrogens with two attached hydrogens (primary N) is 1. The highest BCUT2D eigenvalue weighted by molar-refractivity contribution is 5.76. The van der Waals surface area contributed by atoms with Gasteiger partial charge in [0.2, 0.25) is 5.91 Å². The molecule has 1 aromatic heterocycles. The standard InChI is InChI=1S/C16H20N4O/c17-16(13-6-2-1-3-7-13)14-10-18-12-20(14)11-15(21)19-8-4-5-9-19/h1-3,6-7,10,12,16H,4-5,8-9,11,17H2. The molecule has 1 unspecified atom stereocenters. The number of aromatic nitrogens is 2. The monoisotopic (exact) mass is 284 g/mol. The molecule has 21 heavy (non-hydrogen) atoms. The van der Waals surface area contributed by atoms with Gasteiger partial charge in [-0.1, -0.05) is 30.3 Å². The molecule has 2 aromatic rings. The second-order valence-electron chi connectivity index (χ2n) is 5.42. The van der Waals surface area contributed by atoms with E-state index >= 15 is 0 Å². The maximum atomic E-state index is 12.3. The van der Waals surface area contributed by atoms with Crippen molar-refractivity contribution in [2.24, 2.45) is 5.73 Å². The van der Waals surface area contributed by atoms with Crippen LogP contribution in [-0.2, 0) is 11.3 Å². The number of carbonyl (C=O) groups is 1. The summed E-state index contributed by atoms with van der Waals surface area (Å²) in [6, 6.07) is 9.61. The Kier molecular flexibility index (Phi) is 4.01. The summed E-state index contributed by atoms with van der Waals surface area (Å²) in [6.07, 6.45) is 5.64. The van der Waals surface area contributed by atoms with Gasteiger partial charge in [0.15, 0.2) is 0 Å². The van der Waals surface area contributed by atoms with Gasteiger partial charge in [-0.25, -0.2) is 4.98 Å². The fourth-order valence-corrected chi connectivity index (χ4v) is 2.77. The molecule has 1 fully saturated rings. The average molecular weight is 284 g/mol. The van der Waals surface area contributed by atoms with E-state index < -0.39 is 0 Å². The number of benzene rings is 1. The lowest BCUT2D eigenvalue weighted by Crippen LogP contribution is -2.32. The molecule has 0 bridgehead atoms. The minimum absolute atomic E-state index is 0.145. The first-order valence-corrected chi connectivity index (χ1v) is 7.34. The molecular formula is C16H20N4O. The molecule has 1 saturated heterocycles. The van der Waals surface area contributed by atoms with Gasteiger partial charge in [0.1, 0.15) is 6.54 Å². The molecule has 3 rings (SSSR count). The maximum Gasteiger partial charge on any atom is 0.242 e. The van der Waals surface area contributed by atoms with Crippen LogP contribution in [0.3, 0.4) is 0 Å². The van der Waals surface area contributed by atoms with Crippen molar-refractivity contribution >= 4 is 5.91 Å². The molecule has 0 radical (unpaired) electrons. The Morgan fingerprint density at radius 3 is 2.67 bits per heavy atom. The first kappa shape index (κ1) is 13.8. The Morgan fingerprint density at radius 1 is 1.24 bits per heavy atom. The topological polar surface area (TPSA) is 64.1 Å². The largest absolute Gasteiger partial charge is 0.341 e. The summed E-state index contributed by atoms with van der Waals surface area (Å²) in [5.74, 6) is 0.145. The minimum Gasteiger partial charge on any atom is -0.341 e. The van der Waals surface area contributed by atoms with Crippen molar-refractivity contribution in [3.8, 4) is 0 Å². The van der Waals surface area contributed by atoms with Crippen LogP contribution in [0.15, 0.2) is 42.9 Å². The number of hydrogen-bond acceptors (Lipinski definition) is 3. The van der Waals surface area contributed by atoms with Crippen molar-refractivity contribution in [1.82, 2.24) is 14.5 Å². The van der Waals surface area contributed by atoms with Crippen molar-refractivity contribution in [1.29, 1.82) is 0 Å². The summed E-state index contributed by atoms with van der Waals surface area (Å²) in [4.78, 5) is 18.3. The van der Waals surface area contributed by atoms with Crippen LogP contribution in [0.4, 0.5) is 0 Å². The fourth-order valence-electron chi connectivity index (χ4n) is 2.77. The van der Waals surface area contributed by atoms with E-state index in [0.29, 0.717) is 6.54 Å². The molecule has 5 heteroatoms. The third-order valence-corrected chi connectivity index (χ3v) is 3.99. The number of hydrogen-bond donors (Lipinski definition) is 1. The molecule has 1 amide bonds. The second kappa shape index (κ2) is 6.10. The van der Waals surface area contributed by atoms with Crippen LogP contribution in [-0.4, -0.2) is 33.4 Å². The van der Waals surface area contributed by atoms with Crippen LogP contribution in [0.25, 0.3) is 0 Å². The van der Waals surface area contributed by atoms with Crippen LogP contribution < -0.4 is 5.73 Å². The molecule has 1 aromatic carbocycles. The number of amides is 1. The van der Waals surface area contributed by atoms with Crippen LogP contribution in [0.2, 0.25) is 0 Å². The van der Waals surface area contributed by atoms with Crippen LogP contribution >= 0.6 is 0 Å². The van der Waals surface area contributed by atoms with Gasteiger partial charge in [-0.3, -0.25) is 4.79 Å². The molecule has 2 N–H and O–H groups in total. The number of carbonyl (C=O) groups excluding carboxylic acids is 1. The van der Waals surface area contributed by atoms with Gasteiger partial charge in [0.05, 0.1) is 24.3 Å². The lowest BCUT2D eigenvalue weighted by molar-refractivity contribution is -0.130. The summed E-state index contributed by atoms with van der Waals surface area (Å²) in [5, 5.41) is 0. The van der Waals surface area contributed by atoms with Crippen LogP contribution in [0, 0.1) is 0 Å². The van der Waals surface area contributed by atoms with Crippen molar-refractivity contribution in [3.63, 3.8) is 0 Å². The Hall–Kier alpha value is -2.14. The first-order chi connectivity index (χ1) is 10.3. The summed E-state index contributed by atoms with van der Waals surface area (Å²) in [5.41, 5.74) is 8.20. The van der Waals surface area contributed by atoms with E-state index in [2.05, 4.69) is 4.98 Å². The summed E-state index contributed by atoms with van der Waals surface area (Å²) in [6.45, 7) is 2.05. The molecule has 0 saturated carbocycles. The van der Waals surface area contributed by atoms with Crippen LogP contribution in [0.1, 0.15) is 30.1 Å². The smallest absolute Gasteiger partial charge is 0.242 e. The Bertz CT molecular complexity index is 602. The molecule has 2 heterocycles. The van der Waals surface area contributed by atoms with Crippen molar-refractivity contribution in [2.75, 3.05) is 13.1 Å². The minimum atomic E-state index is -0.264. The highest BCUT2D eigenvalue weighted by Crippen LogP contribution is 2.19. The Morgan fingerprint density at radius 2 is 1.95 bits per heavy atom. The van der Waals surface area contributed by atoms with Gasteiger partial charge >= 0.3 is 0 Å². The van der Waals surface area contributed by atoms with Crippen LogP contribution in [0.5, 0.6) is 0 Å². The van der Waals surface area contributed by atoms with E-state index in [0.717, 1.165) is 37.2 Å². The lowest BCUT2D eigenvalue weighted by Gasteiger charge is -2.18. The van der Waals surface area contributed by atoms with Gasteiger partial charge in [-0.2, -0.15) is 0 Å². The predicted octanol–water partition coefficient (Wildman–Crippen LogP) is 1.55. The van der Waals surface area contributed by atoms with E-state index in [9.17, 15) is 4.79 Å². The third kappa shape index (κ3) is 2.97. The number of rotatable bonds is 4. The van der Waals surface area contributed by atoms with Crippen molar-refractivity contribution < 1.29 is 4.79 Å². The van der Waals surface area contributed by atoms with Gasteiger partial charge < -0.3 is 15.2 Å². The lowest BCUT2D eigenvalue weighted by atomic mass is 10.1. The summed E-state index contributed by atoms with van der Waals surface area (Å²) < 4.78 is 1.86. The van der Waals surface area contributed by atoms with E-state index in [1.54, 1.807) is 12.5 Å². The van der Waals surface area contributed by atoms with Crippen molar-refractivity contribution in [3.05, 3.63) is 54.1 Å². The molecule has 110 valence electrons. The van der Waals surface area contributed by atoms with E-state index in [4.69, 9.17) is 5.73 Å². The van der Waals surface area contributed by atoms with E-state index in [1.165, 1.54) is 0 Å². The molecular weight excluding hydrogens is 264 g/mol. The number of likely N-dealkylation sites (tertiary alicyclic amines) is 1. The number of nitrogens with zero attached hydrogens (tertiary/aromatic N) is 3. The molecule has 5 nitrogen and oxygen atoms in total. The highest BCUT2D eigenvalue weighted by atomic mass is 16.2. The zero-order valence-corrected chi connectivity index (χ0v) is 12.0. The second-order valence-corrected chi connectivity index (χ2v) is 5.42. The highest BCUT2D eigenvalue weighted by Gasteiger charge is 2.20. The zero-order valence-electron chi connectivity index (χ0n) is 12.0. The molecule has 1 atom stereocenters. The normalized spacial score (nSPS) is 16.1. The quantitative estimate of drug-likeness (QED) is 0.926. The Balaban J connectivity index is 1.76.